The molecule has 0 aliphatic rings. The maximum Gasteiger partial charge on any atom is 0.375 e. The average molecular weight is 470 g/mol. The van der Waals surface area contributed by atoms with Gasteiger partial charge in [0.15, 0.2) is 6.61 Å². The number of hydrogen-bond acceptors (Lipinski definition) is 6. The van der Waals surface area contributed by atoms with Crippen LogP contribution in [0.5, 0.6) is 5.75 Å². The smallest absolute Gasteiger partial charge is 0.375 e. The van der Waals surface area contributed by atoms with Gasteiger partial charge in [0, 0.05) is 16.8 Å². The van der Waals surface area contributed by atoms with E-state index in [1.54, 1.807) is 54.6 Å². The molecule has 1 heterocycles. The fraction of sp³-hybridized carbons (Fsp3) is 0.0741. The third-order valence-corrected chi connectivity index (χ3v) is 5.06. The standard InChI is InChI=1S/C27H22N2O6/c1-33-23-10-6-5-9-22(23)29-26(31)19-11-13-20(14-12-19)28-24(30)17-35-27(32)25-21(15-16-34-25)18-7-3-2-4-8-18/h2-16H,17H2,1H3,(H,28,30)(H,29,31). The average Bonchev–Trinajstić information content (AvgIpc) is 3.39. The molecule has 8 heteroatoms. The first-order valence-electron chi connectivity index (χ1n) is 10.7. The number of carbonyl (C=O) groups excluding carboxylic acids is 3. The Labute approximate surface area is 201 Å². The first-order chi connectivity index (χ1) is 17.0. The summed E-state index contributed by atoms with van der Waals surface area (Å²) in [5.74, 6) is -1.03. The molecule has 0 spiro atoms. The van der Waals surface area contributed by atoms with Crippen LogP contribution >= 0.6 is 0 Å². The number of anilines is 2. The molecule has 0 saturated carbocycles. The SMILES string of the molecule is COc1ccccc1NC(=O)c1ccc(NC(=O)COC(=O)c2occc2-c2ccccc2)cc1. The molecule has 2 N–H and O–H groups in total. The highest BCUT2D eigenvalue weighted by Crippen LogP contribution is 2.26. The van der Waals surface area contributed by atoms with Crippen LogP contribution in [0.25, 0.3) is 11.1 Å². The molecular weight excluding hydrogens is 448 g/mol. The molecule has 176 valence electrons. The molecule has 2 amide bonds. The van der Waals surface area contributed by atoms with Gasteiger partial charge in [-0.25, -0.2) is 4.79 Å². The van der Waals surface area contributed by atoms with E-state index in [0.717, 1.165) is 5.56 Å². The van der Waals surface area contributed by atoms with Crippen molar-refractivity contribution >= 4 is 29.2 Å². The summed E-state index contributed by atoms with van der Waals surface area (Å²) in [6, 6.07) is 24.3. The van der Waals surface area contributed by atoms with Crippen molar-refractivity contribution in [3.8, 4) is 16.9 Å². The maximum atomic E-state index is 12.5. The molecule has 0 atom stereocenters. The number of furan rings is 1. The van der Waals surface area contributed by atoms with Gasteiger partial charge >= 0.3 is 5.97 Å². The van der Waals surface area contributed by atoms with Crippen LogP contribution < -0.4 is 15.4 Å². The lowest BCUT2D eigenvalue weighted by molar-refractivity contribution is -0.119. The molecule has 0 fully saturated rings. The number of methoxy groups -OCH3 is 1. The molecule has 35 heavy (non-hydrogen) atoms. The van der Waals surface area contributed by atoms with Crippen molar-refractivity contribution in [2.24, 2.45) is 0 Å². The highest BCUT2D eigenvalue weighted by Gasteiger charge is 2.19. The van der Waals surface area contributed by atoms with Crippen LogP contribution in [0.4, 0.5) is 11.4 Å². The Kier molecular flexibility index (Phi) is 7.22. The molecule has 0 aliphatic heterocycles. The number of benzene rings is 3. The lowest BCUT2D eigenvalue weighted by Gasteiger charge is -2.10. The molecule has 0 unspecified atom stereocenters. The third-order valence-electron chi connectivity index (χ3n) is 5.06. The van der Waals surface area contributed by atoms with Crippen molar-refractivity contribution < 1.29 is 28.3 Å². The van der Waals surface area contributed by atoms with E-state index in [-0.39, 0.29) is 11.7 Å². The number of nitrogens with one attached hydrogen (secondary N) is 2. The van der Waals surface area contributed by atoms with Gasteiger partial charge in [-0.05, 0) is 48.0 Å². The van der Waals surface area contributed by atoms with Gasteiger partial charge in [-0.15, -0.1) is 0 Å². The number of para-hydroxylation sites is 2. The quantitative estimate of drug-likeness (QED) is 0.351. The summed E-state index contributed by atoms with van der Waals surface area (Å²) in [4.78, 5) is 37.2. The number of rotatable bonds is 8. The van der Waals surface area contributed by atoms with Crippen LogP contribution in [0, 0.1) is 0 Å². The van der Waals surface area contributed by atoms with Gasteiger partial charge < -0.3 is 24.5 Å². The van der Waals surface area contributed by atoms with Crippen molar-refractivity contribution in [2.45, 2.75) is 0 Å². The fourth-order valence-electron chi connectivity index (χ4n) is 3.35. The Morgan fingerprint density at radius 3 is 2.29 bits per heavy atom. The zero-order valence-electron chi connectivity index (χ0n) is 18.8. The van der Waals surface area contributed by atoms with E-state index in [2.05, 4.69) is 10.6 Å². The fourth-order valence-corrected chi connectivity index (χ4v) is 3.35. The van der Waals surface area contributed by atoms with Crippen molar-refractivity contribution in [2.75, 3.05) is 24.4 Å². The van der Waals surface area contributed by atoms with Crippen molar-refractivity contribution in [3.63, 3.8) is 0 Å². The van der Waals surface area contributed by atoms with Crippen LogP contribution in [0.2, 0.25) is 0 Å². The van der Waals surface area contributed by atoms with E-state index in [1.165, 1.54) is 13.4 Å². The van der Waals surface area contributed by atoms with Crippen molar-refractivity contribution in [1.29, 1.82) is 0 Å². The molecule has 0 aliphatic carbocycles. The highest BCUT2D eigenvalue weighted by atomic mass is 16.5. The number of hydrogen-bond donors (Lipinski definition) is 2. The Bertz CT molecular complexity index is 1330. The first-order valence-corrected chi connectivity index (χ1v) is 10.7. The Morgan fingerprint density at radius 2 is 1.54 bits per heavy atom. The molecule has 1 aromatic heterocycles. The normalized spacial score (nSPS) is 10.3. The van der Waals surface area contributed by atoms with Crippen molar-refractivity contribution in [1.82, 2.24) is 0 Å². The van der Waals surface area contributed by atoms with Gasteiger partial charge in [-0.1, -0.05) is 42.5 Å². The minimum Gasteiger partial charge on any atom is -0.495 e. The van der Waals surface area contributed by atoms with E-state index in [9.17, 15) is 14.4 Å². The monoisotopic (exact) mass is 470 g/mol. The Hall–Kier alpha value is -4.85. The molecular formula is C27H22N2O6. The van der Waals surface area contributed by atoms with E-state index >= 15 is 0 Å². The van der Waals surface area contributed by atoms with Crippen LogP contribution in [0.3, 0.4) is 0 Å². The zero-order chi connectivity index (χ0) is 24.6. The van der Waals surface area contributed by atoms with Gasteiger partial charge in [0.25, 0.3) is 11.8 Å². The summed E-state index contributed by atoms with van der Waals surface area (Å²) >= 11 is 0. The van der Waals surface area contributed by atoms with Gasteiger partial charge in [0.2, 0.25) is 5.76 Å². The number of esters is 1. The molecule has 0 saturated heterocycles. The lowest BCUT2D eigenvalue weighted by atomic mass is 10.1. The molecule has 8 nitrogen and oxygen atoms in total. The zero-order valence-corrected chi connectivity index (χ0v) is 18.8. The summed E-state index contributed by atoms with van der Waals surface area (Å²) < 4.78 is 15.6. The molecule has 4 aromatic rings. The summed E-state index contributed by atoms with van der Waals surface area (Å²) in [5.41, 5.74) is 2.77. The number of amides is 2. The topological polar surface area (TPSA) is 107 Å². The predicted octanol–water partition coefficient (Wildman–Crippen LogP) is 5.00. The summed E-state index contributed by atoms with van der Waals surface area (Å²) in [6.45, 7) is -0.496. The summed E-state index contributed by atoms with van der Waals surface area (Å²) in [7, 11) is 1.52. The van der Waals surface area contributed by atoms with Crippen LogP contribution in [0.1, 0.15) is 20.9 Å². The Morgan fingerprint density at radius 1 is 0.829 bits per heavy atom. The minimum atomic E-state index is -0.743. The molecule has 0 bridgehead atoms. The maximum absolute atomic E-state index is 12.5. The van der Waals surface area contributed by atoms with Gasteiger partial charge in [0.1, 0.15) is 5.75 Å². The van der Waals surface area contributed by atoms with Crippen LogP contribution in [-0.4, -0.2) is 31.5 Å². The van der Waals surface area contributed by atoms with E-state index in [0.29, 0.717) is 28.3 Å². The second-order valence-electron chi connectivity index (χ2n) is 7.39. The Balaban J connectivity index is 1.31. The van der Waals surface area contributed by atoms with Crippen LogP contribution in [0.15, 0.2) is 95.6 Å². The molecule has 4 rings (SSSR count). The lowest BCUT2D eigenvalue weighted by Crippen LogP contribution is -2.21. The van der Waals surface area contributed by atoms with Crippen molar-refractivity contribution in [3.05, 3.63) is 103 Å². The van der Waals surface area contributed by atoms with Gasteiger partial charge in [-0.2, -0.15) is 0 Å². The minimum absolute atomic E-state index is 0.0226. The number of ether oxygens (including phenoxy) is 2. The predicted molar refractivity (Wildman–Crippen MR) is 130 cm³/mol. The van der Waals surface area contributed by atoms with E-state index in [4.69, 9.17) is 13.9 Å². The molecule has 0 radical (unpaired) electrons. The van der Waals surface area contributed by atoms with Crippen LogP contribution in [-0.2, 0) is 9.53 Å². The molecule has 3 aromatic carbocycles. The largest absolute Gasteiger partial charge is 0.495 e. The second kappa shape index (κ2) is 10.8. The van der Waals surface area contributed by atoms with Gasteiger partial charge in [-0.3, -0.25) is 9.59 Å². The van der Waals surface area contributed by atoms with E-state index < -0.39 is 18.5 Å². The number of carbonyl (C=O) groups is 3. The first kappa shape index (κ1) is 23.3. The second-order valence-corrected chi connectivity index (χ2v) is 7.39. The third kappa shape index (κ3) is 5.75. The summed E-state index contributed by atoms with van der Waals surface area (Å²) in [6.07, 6.45) is 1.39. The summed E-state index contributed by atoms with van der Waals surface area (Å²) in [5, 5.41) is 5.41. The van der Waals surface area contributed by atoms with E-state index in [1.807, 2.05) is 30.3 Å². The van der Waals surface area contributed by atoms with Gasteiger partial charge in [0.05, 0.1) is 19.1 Å². The highest BCUT2D eigenvalue weighted by molar-refractivity contribution is 6.05.